The summed E-state index contributed by atoms with van der Waals surface area (Å²) in [5.41, 5.74) is 0. The molecule has 1 rings (SSSR count). The molecule has 1 saturated heterocycles. The van der Waals surface area contributed by atoms with E-state index in [1.54, 1.807) is 0 Å². The lowest BCUT2D eigenvalue weighted by molar-refractivity contribution is -0.0595. The lowest BCUT2D eigenvalue weighted by Gasteiger charge is -2.28. The molecule has 1 unspecified atom stereocenters. The maximum Gasteiger partial charge on any atom is 0.110 e. The van der Waals surface area contributed by atoms with Crippen LogP contribution in [0.5, 0.6) is 0 Å². The summed E-state index contributed by atoms with van der Waals surface area (Å²) < 4.78 is 5.14. The second kappa shape index (κ2) is 3.15. The zero-order valence-corrected chi connectivity index (χ0v) is 5.67. The number of morpholine rings is 1. The standard InChI is InChI=1S/C6H12NO2/c1-7-2-3-9-6(4-7)5-8/h6H,2-5H2,1H3. The van der Waals surface area contributed by atoms with E-state index < -0.39 is 0 Å². The Kier molecular flexibility index (Phi) is 2.45. The number of hydrogen-bond donors (Lipinski definition) is 0. The first-order valence-electron chi connectivity index (χ1n) is 3.21. The molecule has 0 aliphatic carbocycles. The molecule has 0 saturated carbocycles. The van der Waals surface area contributed by atoms with Crippen LogP contribution in [-0.4, -0.2) is 44.4 Å². The van der Waals surface area contributed by atoms with Crippen LogP contribution >= 0.6 is 0 Å². The van der Waals surface area contributed by atoms with Gasteiger partial charge in [-0.2, -0.15) is 0 Å². The van der Waals surface area contributed by atoms with Crippen molar-refractivity contribution in [3.8, 4) is 0 Å². The molecular weight excluding hydrogens is 118 g/mol. The van der Waals surface area contributed by atoms with Gasteiger partial charge in [0.2, 0.25) is 0 Å². The highest BCUT2D eigenvalue weighted by Crippen LogP contribution is 2.00. The molecule has 0 aromatic heterocycles. The first-order chi connectivity index (χ1) is 4.33. The van der Waals surface area contributed by atoms with E-state index in [0.29, 0.717) is 6.61 Å². The second-order valence-corrected chi connectivity index (χ2v) is 2.42. The van der Waals surface area contributed by atoms with E-state index in [4.69, 9.17) is 4.74 Å². The SMILES string of the molecule is CN1CCOC(C[O])C1. The summed E-state index contributed by atoms with van der Waals surface area (Å²) in [6, 6.07) is 0. The van der Waals surface area contributed by atoms with E-state index in [1.807, 2.05) is 7.05 Å². The van der Waals surface area contributed by atoms with Gasteiger partial charge in [0.1, 0.15) is 6.61 Å². The molecular formula is C6H12NO2. The molecule has 9 heavy (non-hydrogen) atoms. The number of nitrogens with zero attached hydrogens (tertiary/aromatic N) is 1. The van der Waals surface area contributed by atoms with Crippen LogP contribution in [0.15, 0.2) is 0 Å². The van der Waals surface area contributed by atoms with Crippen molar-refractivity contribution in [1.82, 2.24) is 4.90 Å². The highest BCUT2D eigenvalue weighted by atomic mass is 16.5. The van der Waals surface area contributed by atoms with Gasteiger partial charge in [-0.3, -0.25) is 0 Å². The normalized spacial score (nSPS) is 30.7. The maximum atomic E-state index is 10.3. The third kappa shape index (κ3) is 1.93. The fourth-order valence-corrected chi connectivity index (χ4v) is 0.968. The smallest absolute Gasteiger partial charge is 0.110 e. The highest BCUT2D eigenvalue weighted by Gasteiger charge is 2.16. The van der Waals surface area contributed by atoms with Crippen LogP contribution in [0.1, 0.15) is 0 Å². The van der Waals surface area contributed by atoms with E-state index in [-0.39, 0.29) is 12.7 Å². The van der Waals surface area contributed by atoms with Crippen LogP contribution in [-0.2, 0) is 9.84 Å². The summed E-state index contributed by atoms with van der Waals surface area (Å²) in [5, 5.41) is 10.3. The fourth-order valence-electron chi connectivity index (χ4n) is 0.968. The first kappa shape index (κ1) is 6.99. The number of ether oxygens (including phenoxy) is 1. The molecule has 0 spiro atoms. The zero-order valence-electron chi connectivity index (χ0n) is 5.67. The van der Waals surface area contributed by atoms with E-state index in [0.717, 1.165) is 13.1 Å². The molecule has 1 atom stereocenters. The lowest BCUT2D eigenvalue weighted by atomic mass is 10.3. The summed E-state index contributed by atoms with van der Waals surface area (Å²) >= 11 is 0. The minimum atomic E-state index is -0.107. The van der Waals surface area contributed by atoms with E-state index in [1.165, 1.54) is 0 Å². The Morgan fingerprint density at radius 1 is 1.78 bits per heavy atom. The molecule has 0 aromatic carbocycles. The molecule has 1 aliphatic rings. The number of likely N-dealkylation sites (N-methyl/N-ethyl adjacent to an activating group) is 1. The second-order valence-electron chi connectivity index (χ2n) is 2.42. The van der Waals surface area contributed by atoms with Crippen LogP contribution in [0, 0.1) is 0 Å². The van der Waals surface area contributed by atoms with Gasteiger partial charge in [-0.05, 0) is 7.05 Å². The van der Waals surface area contributed by atoms with Crippen LogP contribution in [0.4, 0.5) is 0 Å². The molecule has 0 N–H and O–H groups in total. The molecule has 1 aliphatic heterocycles. The number of rotatable bonds is 1. The van der Waals surface area contributed by atoms with Gasteiger partial charge in [-0.1, -0.05) is 0 Å². The summed E-state index contributed by atoms with van der Waals surface area (Å²) in [6.45, 7) is 2.35. The predicted octanol–water partition coefficient (Wildman–Crippen LogP) is -0.253. The average molecular weight is 130 g/mol. The maximum absolute atomic E-state index is 10.3. The van der Waals surface area contributed by atoms with Gasteiger partial charge in [-0.15, -0.1) is 0 Å². The number of hydrogen-bond acceptors (Lipinski definition) is 2. The molecule has 1 heterocycles. The van der Waals surface area contributed by atoms with Crippen molar-refractivity contribution in [1.29, 1.82) is 0 Å². The van der Waals surface area contributed by atoms with Crippen LogP contribution in [0.2, 0.25) is 0 Å². The van der Waals surface area contributed by atoms with Crippen molar-refractivity contribution in [3.63, 3.8) is 0 Å². The summed E-state index contributed by atoms with van der Waals surface area (Å²) in [5.74, 6) is 0. The van der Waals surface area contributed by atoms with E-state index in [2.05, 4.69) is 4.90 Å². The topological polar surface area (TPSA) is 32.4 Å². The molecule has 0 bridgehead atoms. The van der Waals surface area contributed by atoms with Crippen molar-refractivity contribution in [3.05, 3.63) is 0 Å². The molecule has 3 nitrogen and oxygen atoms in total. The summed E-state index contributed by atoms with van der Waals surface area (Å²) in [4.78, 5) is 2.12. The Labute approximate surface area is 55.2 Å². The Bertz CT molecular complexity index is 87.1. The quantitative estimate of drug-likeness (QED) is 0.490. The monoisotopic (exact) mass is 130 g/mol. The molecule has 1 radical (unpaired) electrons. The van der Waals surface area contributed by atoms with Crippen molar-refractivity contribution >= 4 is 0 Å². The summed E-state index contributed by atoms with van der Waals surface area (Å²) in [6.07, 6.45) is -0.0660. The van der Waals surface area contributed by atoms with Gasteiger partial charge in [-0.25, -0.2) is 5.11 Å². The van der Waals surface area contributed by atoms with Crippen LogP contribution in [0.3, 0.4) is 0 Å². The minimum absolute atomic E-state index is 0.0660. The van der Waals surface area contributed by atoms with E-state index in [9.17, 15) is 5.11 Å². The van der Waals surface area contributed by atoms with Crippen molar-refractivity contribution in [2.75, 3.05) is 33.4 Å². The van der Waals surface area contributed by atoms with Gasteiger partial charge in [0, 0.05) is 13.1 Å². The Morgan fingerprint density at radius 3 is 3.00 bits per heavy atom. The van der Waals surface area contributed by atoms with Crippen molar-refractivity contribution in [2.24, 2.45) is 0 Å². The first-order valence-corrected chi connectivity index (χ1v) is 3.21. The van der Waals surface area contributed by atoms with Gasteiger partial charge in [0.25, 0.3) is 0 Å². The van der Waals surface area contributed by atoms with Gasteiger partial charge < -0.3 is 9.64 Å². The highest BCUT2D eigenvalue weighted by molar-refractivity contribution is 4.66. The minimum Gasteiger partial charge on any atom is -0.373 e. The van der Waals surface area contributed by atoms with Crippen LogP contribution in [0.25, 0.3) is 0 Å². The van der Waals surface area contributed by atoms with E-state index >= 15 is 0 Å². The molecule has 1 fully saturated rings. The summed E-state index contributed by atoms with van der Waals surface area (Å²) in [7, 11) is 2.01. The van der Waals surface area contributed by atoms with Crippen LogP contribution < -0.4 is 0 Å². The molecule has 0 aromatic rings. The van der Waals surface area contributed by atoms with Crippen molar-refractivity contribution < 1.29 is 9.84 Å². The largest absolute Gasteiger partial charge is 0.373 e. The van der Waals surface area contributed by atoms with Crippen molar-refractivity contribution in [2.45, 2.75) is 6.10 Å². The Morgan fingerprint density at radius 2 is 2.56 bits per heavy atom. The molecule has 0 amide bonds. The third-order valence-corrected chi connectivity index (χ3v) is 1.53. The Hall–Kier alpha value is -0.120. The van der Waals surface area contributed by atoms with Gasteiger partial charge in [0.05, 0.1) is 12.7 Å². The Balaban J connectivity index is 2.23. The molecule has 3 heteroatoms. The predicted molar refractivity (Wildman–Crippen MR) is 32.8 cm³/mol. The van der Waals surface area contributed by atoms with Gasteiger partial charge >= 0.3 is 0 Å². The fraction of sp³-hybridized carbons (Fsp3) is 1.00. The molecule has 53 valence electrons. The lowest BCUT2D eigenvalue weighted by Crippen LogP contribution is -2.41. The third-order valence-electron chi connectivity index (χ3n) is 1.53. The van der Waals surface area contributed by atoms with Gasteiger partial charge in [0.15, 0.2) is 0 Å². The average Bonchev–Trinajstić information content (AvgIpc) is 1.88. The zero-order chi connectivity index (χ0) is 6.69.